The minimum Gasteiger partial charge on any atom is -0.489 e. The van der Waals surface area contributed by atoms with Crippen molar-refractivity contribution < 1.29 is 19.4 Å². The first kappa shape index (κ1) is 20.6. The first-order valence-corrected chi connectivity index (χ1v) is 9.63. The summed E-state index contributed by atoms with van der Waals surface area (Å²) in [5.74, 6) is -0.363. The number of imide groups is 1. The first-order chi connectivity index (χ1) is 13.8. The van der Waals surface area contributed by atoms with Crippen LogP contribution in [-0.2, 0) is 9.59 Å². The average Bonchev–Trinajstić information content (AvgIpc) is 2.93. The molecule has 0 radical (unpaired) electrons. The number of carbonyl (C=O) groups is 2. The van der Waals surface area contributed by atoms with Crippen molar-refractivity contribution in [2.75, 3.05) is 25.1 Å². The zero-order valence-corrected chi connectivity index (χ0v) is 17.2. The molecule has 6 heteroatoms. The Morgan fingerprint density at radius 2 is 1.69 bits per heavy atom. The van der Waals surface area contributed by atoms with E-state index in [4.69, 9.17) is 4.74 Å². The molecule has 0 atom stereocenters. The molecule has 1 heterocycles. The minimum atomic E-state index is -0.429. The Bertz CT molecular complexity index is 948. The van der Waals surface area contributed by atoms with Crippen LogP contribution in [0, 0.1) is 6.92 Å². The zero-order valence-electron chi connectivity index (χ0n) is 17.2. The Labute approximate surface area is 171 Å². The quantitative estimate of drug-likeness (QED) is 0.731. The molecule has 29 heavy (non-hydrogen) atoms. The predicted molar refractivity (Wildman–Crippen MR) is 113 cm³/mol. The summed E-state index contributed by atoms with van der Waals surface area (Å²) in [5.41, 5.74) is 2.73. The number of ether oxygens (including phenoxy) is 1. The number of likely N-dealkylation sites (N-methyl/N-ethyl adjacent to an activating group) is 1. The molecule has 0 spiro atoms. The van der Waals surface area contributed by atoms with Gasteiger partial charge in [-0.1, -0.05) is 42.0 Å². The topological polar surface area (TPSA) is 70.1 Å². The molecule has 0 fully saturated rings. The average molecular weight is 394 g/mol. The summed E-state index contributed by atoms with van der Waals surface area (Å²) in [7, 11) is 1.70. The smallest absolute Gasteiger partial charge is 0.282 e. The standard InChI is InChI=1S/C23H26N2O4/c1-15(2)29-19-8-6-5-7-18(19)25-22(27)20(17-11-9-16(3)10-12-17)21(23(25)28)24(4)13-14-26/h5-12,15,26H,13-14H2,1-4H3. The van der Waals surface area contributed by atoms with Crippen molar-refractivity contribution >= 4 is 23.1 Å². The van der Waals surface area contributed by atoms with Gasteiger partial charge in [-0.25, -0.2) is 4.90 Å². The van der Waals surface area contributed by atoms with E-state index in [0.29, 0.717) is 22.6 Å². The Kier molecular flexibility index (Phi) is 6.03. The Morgan fingerprint density at radius 1 is 1.03 bits per heavy atom. The zero-order chi connectivity index (χ0) is 21.1. The number of hydrogen-bond donors (Lipinski definition) is 1. The van der Waals surface area contributed by atoms with Crippen molar-refractivity contribution in [3.8, 4) is 5.75 Å². The summed E-state index contributed by atoms with van der Waals surface area (Å²) < 4.78 is 5.84. The number of benzene rings is 2. The van der Waals surface area contributed by atoms with Crippen LogP contribution in [0.2, 0.25) is 0 Å². The highest BCUT2D eigenvalue weighted by Crippen LogP contribution is 2.38. The van der Waals surface area contributed by atoms with E-state index in [-0.39, 0.29) is 25.0 Å². The van der Waals surface area contributed by atoms with Gasteiger partial charge in [-0.15, -0.1) is 0 Å². The molecule has 0 saturated carbocycles. The first-order valence-electron chi connectivity index (χ1n) is 9.63. The fourth-order valence-electron chi connectivity index (χ4n) is 3.33. The molecule has 1 aliphatic rings. The van der Waals surface area contributed by atoms with Gasteiger partial charge in [0.2, 0.25) is 0 Å². The Balaban J connectivity index is 2.13. The van der Waals surface area contributed by atoms with Crippen LogP contribution < -0.4 is 9.64 Å². The summed E-state index contributed by atoms with van der Waals surface area (Å²) in [6, 6.07) is 14.5. The number of aliphatic hydroxyl groups excluding tert-OH is 1. The highest BCUT2D eigenvalue weighted by atomic mass is 16.5. The van der Waals surface area contributed by atoms with E-state index in [0.717, 1.165) is 10.5 Å². The lowest BCUT2D eigenvalue weighted by molar-refractivity contribution is -0.120. The lowest BCUT2D eigenvalue weighted by Crippen LogP contribution is -2.35. The fraction of sp³-hybridized carbons (Fsp3) is 0.304. The van der Waals surface area contributed by atoms with Gasteiger partial charge in [0.1, 0.15) is 11.4 Å². The van der Waals surface area contributed by atoms with E-state index in [1.54, 1.807) is 36.2 Å². The molecular weight excluding hydrogens is 368 g/mol. The van der Waals surface area contributed by atoms with Crippen molar-refractivity contribution in [1.29, 1.82) is 0 Å². The highest BCUT2D eigenvalue weighted by molar-refractivity contribution is 6.45. The summed E-state index contributed by atoms with van der Waals surface area (Å²) in [6.45, 7) is 5.85. The second kappa shape index (κ2) is 8.49. The van der Waals surface area contributed by atoms with E-state index < -0.39 is 11.8 Å². The van der Waals surface area contributed by atoms with Crippen LogP contribution in [0.15, 0.2) is 54.2 Å². The van der Waals surface area contributed by atoms with Crippen molar-refractivity contribution in [3.05, 3.63) is 65.4 Å². The third-order valence-corrected chi connectivity index (χ3v) is 4.69. The molecule has 0 saturated heterocycles. The molecule has 152 valence electrons. The molecule has 3 rings (SSSR count). The third-order valence-electron chi connectivity index (χ3n) is 4.69. The van der Waals surface area contributed by atoms with E-state index in [2.05, 4.69) is 0 Å². The van der Waals surface area contributed by atoms with Crippen LogP contribution in [0.3, 0.4) is 0 Å². The van der Waals surface area contributed by atoms with E-state index in [9.17, 15) is 14.7 Å². The molecule has 0 bridgehead atoms. The van der Waals surface area contributed by atoms with Gasteiger partial charge in [-0.2, -0.15) is 0 Å². The normalized spacial score (nSPS) is 14.2. The number of aliphatic hydroxyl groups is 1. The Hall–Kier alpha value is -3.12. The molecule has 0 aliphatic carbocycles. The van der Waals surface area contributed by atoms with Crippen LogP contribution in [0.4, 0.5) is 5.69 Å². The number of rotatable bonds is 7. The van der Waals surface area contributed by atoms with Crippen molar-refractivity contribution in [2.24, 2.45) is 0 Å². The SMILES string of the molecule is Cc1ccc(C2=C(N(C)CCO)C(=O)N(c3ccccc3OC(C)C)C2=O)cc1. The number of aryl methyl sites for hydroxylation is 1. The number of carbonyl (C=O) groups excluding carboxylic acids is 2. The van der Waals surface area contributed by atoms with Gasteiger partial charge in [-0.3, -0.25) is 9.59 Å². The Morgan fingerprint density at radius 3 is 2.31 bits per heavy atom. The maximum absolute atomic E-state index is 13.5. The van der Waals surface area contributed by atoms with Gasteiger partial charge in [0, 0.05) is 13.6 Å². The lowest BCUT2D eigenvalue weighted by Gasteiger charge is -2.22. The second-order valence-electron chi connectivity index (χ2n) is 7.31. The van der Waals surface area contributed by atoms with Crippen molar-refractivity contribution in [1.82, 2.24) is 4.90 Å². The third kappa shape index (κ3) is 4.03. The lowest BCUT2D eigenvalue weighted by atomic mass is 10.0. The molecule has 2 aromatic carbocycles. The number of anilines is 1. The van der Waals surface area contributed by atoms with Crippen LogP contribution in [0.25, 0.3) is 5.57 Å². The van der Waals surface area contributed by atoms with Gasteiger partial charge < -0.3 is 14.7 Å². The molecule has 0 aromatic heterocycles. The van der Waals surface area contributed by atoms with Crippen molar-refractivity contribution in [2.45, 2.75) is 26.9 Å². The maximum Gasteiger partial charge on any atom is 0.282 e. The minimum absolute atomic E-state index is 0.106. The maximum atomic E-state index is 13.5. The van der Waals surface area contributed by atoms with Crippen LogP contribution in [0.1, 0.15) is 25.0 Å². The van der Waals surface area contributed by atoms with Gasteiger partial charge >= 0.3 is 0 Å². The molecule has 1 aliphatic heterocycles. The summed E-state index contributed by atoms with van der Waals surface area (Å²) in [6.07, 6.45) is -0.106. The molecule has 2 aromatic rings. The molecule has 0 unspecified atom stereocenters. The number of para-hydroxylation sites is 2. The summed E-state index contributed by atoms with van der Waals surface area (Å²) >= 11 is 0. The van der Waals surface area contributed by atoms with Gasteiger partial charge in [-0.05, 0) is 38.5 Å². The summed E-state index contributed by atoms with van der Waals surface area (Å²) in [4.78, 5) is 29.6. The van der Waals surface area contributed by atoms with Crippen LogP contribution in [-0.4, -0.2) is 48.1 Å². The van der Waals surface area contributed by atoms with Gasteiger partial charge in [0.15, 0.2) is 0 Å². The van der Waals surface area contributed by atoms with E-state index >= 15 is 0 Å². The van der Waals surface area contributed by atoms with Gasteiger partial charge in [0.25, 0.3) is 11.8 Å². The predicted octanol–water partition coefficient (Wildman–Crippen LogP) is 2.99. The molecular formula is C23H26N2O4. The van der Waals surface area contributed by atoms with Crippen LogP contribution in [0.5, 0.6) is 5.75 Å². The fourth-order valence-corrected chi connectivity index (χ4v) is 3.33. The highest BCUT2D eigenvalue weighted by Gasteiger charge is 2.42. The van der Waals surface area contributed by atoms with Gasteiger partial charge in [0.05, 0.1) is 24.0 Å². The molecule has 6 nitrogen and oxygen atoms in total. The largest absolute Gasteiger partial charge is 0.489 e. The van der Waals surface area contributed by atoms with E-state index in [1.807, 2.05) is 45.0 Å². The number of amides is 2. The second-order valence-corrected chi connectivity index (χ2v) is 7.31. The monoisotopic (exact) mass is 394 g/mol. The van der Waals surface area contributed by atoms with Crippen LogP contribution >= 0.6 is 0 Å². The summed E-state index contributed by atoms with van der Waals surface area (Å²) in [5, 5.41) is 9.37. The molecule has 1 N–H and O–H groups in total. The van der Waals surface area contributed by atoms with E-state index in [1.165, 1.54) is 0 Å². The molecule has 2 amide bonds. The van der Waals surface area contributed by atoms with Crippen molar-refractivity contribution in [3.63, 3.8) is 0 Å². The number of hydrogen-bond acceptors (Lipinski definition) is 5. The number of nitrogens with zero attached hydrogens (tertiary/aromatic N) is 2.